The Labute approximate surface area is 67.4 Å². The fourth-order valence-electron chi connectivity index (χ4n) is 0.633. The van der Waals surface area contributed by atoms with E-state index in [4.69, 9.17) is 0 Å². The summed E-state index contributed by atoms with van der Waals surface area (Å²) in [6.45, 7) is 0. The van der Waals surface area contributed by atoms with Crippen LogP contribution in [-0.2, 0) is 19.2 Å². The van der Waals surface area contributed by atoms with Crippen molar-refractivity contribution >= 4 is 0 Å². The molecule has 0 amide bonds. The van der Waals surface area contributed by atoms with Crippen LogP contribution in [-0.4, -0.2) is 0 Å². The van der Waals surface area contributed by atoms with Crippen LogP contribution in [0.4, 0.5) is 14.1 Å². The Hall–Kier alpha value is -0.0157. The summed E-state index contributed by atoms with van der Waals surface area (Å²) in [5.74, 6) is 0. The van der Waals surface area contributed by atoms with Crippen molar-refractivity contribution in [3.63, 3.8) is 0 Å². The van der Waals surface area contributed by atoms with E-state index >= 15 is 0 Å². The van der Waals surface area contributed by atoms with Gasteiger partial charge >= 0.3 is 52.9 Å². The van der Waals surface area contributed by atoms with Crippen molar-refractivity contribution in [2.75, 3.05) is 0 Å². The van der Waals surface area contributed by atoms with Crippen LogP contribution in [0.25, 0.3) is 0 Å². The Bertz CT molecular complexity index is 120. The predicted octanol–water partition coefficient (Wildman–Crippen LogP) is 2.42. The Balaban J connectivity index is -0.000000163. The van der Waals surface area contributed by atoms with Gasteiger partial charge in [-0.3, -0.25) is 14.1 Å². The molecule has 0 fully saturated rings. The molecule has 60 valence electrons. The van der Waals surface area contributed by atoms with Gasteiger partial charge < -0.3 is 0 Å². The Morgan fingerprint density at radius 3 is 2.10 bits per heavy atom. The fourth-order valence-corrected chi connectivity index (χ4v) is 1.55. The van der Waals surface area contributed by atoms with Gasteiger partial charge in [0, 0.05) is 0 Å². The Morgan fingerprint density at radius 1 is 1.30 bits per heavy atom. The molecule has 1 rings (SSSR count). The molecule has 4 heteroatoms. The molecule has 1 aliphatic carbocycles. The first-order valence-corrected chi connectivity index (χ1v) is 4.81. The van der Waals surface area contributed by atoms with Gasteiger partial charge in [0.25, 0.3) is 0 Å². The summed E-state index contributed by atoms with van der Waals surface area (Å²) in [4.78, 5) is 0. The second-order valence-electron chi connectivity index (χ2n) is 1.57. The van der Waals surface area contributed by atoms with Crippen LogP contribution in [0.15, 0.2) is 22.1 Å². The minimum absolute atomic E-state index is 0. The molecule has 0 saturated carbocycles. The third-order valence-corrected chi connectivity index (χ3v) is 2.67. The van der Waals surface area contributed by atoms with Crippen LogP contribution in [0.2, 0.25) is 5.23 Å². The van der Waals surface area contributed by atoms with Crippen molar-refractivity contribution in [3.8, 4) is 0 Å². The van der Waals surface area contributed by atoms with Crippen LogP contribution in [0.1, 0.15) is 6.42 Å². The normalized spacial score (nSPS) is 11.9. The van der Waals surface area contributed by atoms with E-state index in [1.807, 2.05) is 0 Å². The molecule has 0 N–H and O–H groups in total. The predicted molar refractivity (Wildman–Crippen MR) is 35.2 cm³/mol. The molecule has 0 heterocycles. The zero-order valence-corrected chi connectivity index (χ0v) is 7.23. The molecule has 0 aromatic heterocycles. The van der Waals surface area contributed by atoms with Gasteiger partial charge in [0.1, 0.15) is 0 Å². The molecule has 0 unspecified atom stereocenters. The van der Waals surface area contributed by atoms with Gasteiger partial charge in [-0.2, -0.15) is 0 Å². The maximum atomic E-state index is 2.32. The Kier molecular flexibility index (Phi) is 14.8. The second-order valence-corrected chi connectivity index (χ2v) is 3.36. The van der Waals surface area contributed by atoms with Crippen LogP contribution >= 0.6 is 0 Å². The molecule has 0 atom stereocenters. The molecule has 0 radical (unpaired) electrons. The van der Waals surface area contributed by atoms with Crippen LogP contribution in [0.5, 0.6) is 0 Å². The second kappa shape index (κ2) is 8.98. The van der Waals surface area contributed by atoms with E-state index in [-0.39, 0.29) is 14.1 Å². The monoisotopic (exact) mass is 188 g/mol. The van der Waals surface area contributed by atoms with E-state index in [0.717, 1.165) is 0 Å². The molecule has 0 bridgehead atoms. The number of hydrogen-bond acceptors (Lipinski definition) is 0. The van der Waals surface area contributed by atoms with Crippen molar-refractivity contribution in [2.24, 2.45) is 0 Å². The minimum atomic E-state index is 0. The summed E-state index contributed by atoms with van der Waals surface area (Å²) in [6, 6.07) is 0. The van der Waals surface area contributed by atoms with Crippen LogP contribution in [0.3, 0.4) is 0 Å². The molecular formula is C6H11F3Ti. The third-order valence-electron chi connectivity index (χ3n) is 1.09. The molecular weight excluding hydrogens is 177 g/mol. The van der Waals surface area contributed by atoms with Gasteiger partial charge in [-0.15, -0.1) is 0 Å². The zero-order valence-electron chi connectivity index (χ0n) is 5.66. The summed E-state index contributed by atoms with van der Waals surface area (Å²) in [7, 11) is 0. The summed E-state index contributed by atoms with van der Waals surface area (Å²) in [5, 5.41) is 2.32. The molecule has 0 saturated heterocycles. The first-order valence-electron chi connectivity index (χ1n) is 2.47. The van der Waals surface area contributed by atoms with Gasteiger partial charge in [-0.25, -0.2) is 0 Å². The fraction of sp³-hybridized carbons (Fsp3) is 0.333. The van der Waals surface area contributed by atoms with Gasteiger partial charge in [-0.1, -0.05) is 0 Å². The molecule has 0 nitrogen and oxygen atoms in total. The summed E-state index contributed by atoms with van der Waals surface area (Å²) >= 11 is 0.292. The van der Waals surface area contributed by atoms with E-state index in [1.165, 1.54) is 6.42 Å². The third kappa shape index (κ3) is 4.83. The maximum absolute atomic E-state index is 2.32. The van der Waals surface area contributed by atoms with Crippen molar-refractivity contribution < 1.29 is 33.3 Å². The van der Waals surface area contributed by atoms with E-state index in [9.17, 15) is 0 Å². The van der Waals surface area contributed by atoms with E-state index in [2.05, 4.69) is 23.5 Å². The standard InChI is InChI=1S/C5H5.CH3.3FH.Ti/c1-2-4-5-3-1;;;;;/h1-3H,4H2;1H3;3*1H;. The first-order chi connectivity index (χ1) is 3.43. The summed E-state index contributed by atoms with van der Waals surface area (Å²) in [5.41, 5.74) is 0. The van der Waals surface area contributed by atoms with Gasteiger partial charge in [0.2, 0.25) is 0 Å². The van der Waals surface area contributed by atoms with E-state index in [0.29, 0.717) is 19.2 Å². The molecule has 0 spiro atoms. The molecule has 0 aliphatic heterocycles. The Morgan fingerprint density at radius 2 is 1.90 bits per heavy atom. The SMILES string of the molecule is F.F.F.[CH3][Ti][C]1=CC=CC1. The molecule has 1 aliphatic rings. The van der Waals surface area contributed by atoms with Crippen molar-refractivity contribution in [2.45, 2.75) is 11.6 Å². The zero-order chi connectivity index (χ0) is 5.11. The summed E-state index contributed by atoms with van der Waals surface area (Å²) in [6.07, 6.45) is 7.88. The van der Waals surface area contributed by atoms with Gasteiger partial charge in [-0.05, 0) is 0 Å². The number of hydrogen-bond donors (Lipinski definition) is 0. The average molecular weight is 188 g/mol. The van der Waals surface area contributed by atoms with Crippen LogP contribution < -0.4 is 0 Å². The van der Waals surface area contributed by atoms with Crippen LogP contribution in [0, 0.1) is 0 Å². The van der Waals surface area contributed by atoms with Gasteiger partial charge in [0.05, 0.1) is 0 Å². The summed E-state index contributed by atoms with van der Waals surface area (Å²) < 4.78 is 1.68. The van der Waals surface area contributed by atoms with Crippen molar-refractivity contribution in [1.82, 2.24) is 0 Å². The number of allylic oxidation sites excluding steroid dienone is 4. The molecule has 0 aromatic carbocycles. The number of rotatable bonds is 1. The molecule has 10 heavy (non-hydrogen) atoms. The quantitative estimate of drug-likeness (QED) is 0.554. The topological polar surface area (TPSA) is 0 Å². The van der Waals surface area contributed by atoms with Crippen molar-refractivity contribution in [1.29, 1.82) is 0 Å². The number of halogens is 3. The van der Waals surface area contributed by atoms with E-state index in [1.54, 1.807) is 3.88 Å². The first kappa shape index (κ1) is 16.5. The van der Waals surface area contributed by atoms with E-state index < -0.39 is 0 Å². The van der Waals surface area contributed by atoms with Gasteiger partial charge in [0.15, 0.2) is 0 Å². The average Bonchev–Trinajstić information content (AvgIpc) is 2.14. The molecule has 0 aromatic rings. The van der Waals surface area contributed by atoms with Crippen molar-refractivity contribution in [3.05, 3.63) is 22.1 Å².